The van der Waals surface area contributed by atoms with Crippen LogP contribution in [0.15, 0.2) is 18.7 Å². The van der Waals surface area contributed by atoms with E-state index in [4.69, 9.17) is 4.74 Å². The molecular weight excluding hydrogens is 156 g/mol. The Labute approximate surface area is 71.2 Å². The molecule has 0 saturated heterocycles. The van der Waals surface area contributed by atoms with E-state index < -0.39 is 6.10 Å². The van der Waals surface area contributed by atoms with Crippen LogP contribution in [0, 0.1) is 0 Å². The zero-order valence-electron chi connectivity index (χ0n) is 6.97. The highest BCUT2D eigenvalue weighted by Crippen LogP contribution is 2.09. The van der Waals surface area contributed by atoms with Gasteiger partial charge in [-0.1, -0.05) is 0 Å². The van der Waals surface area contributed by atoms with Gasteiger partial charge in [0.05, 0.1) is 6.61 Å². The molecule has 0 aliphatic carbocycles. The SMILES string of the molecule is CCOCC(O)c1cncnc1. The third kappa shape index (κ3) is 2.56. The topological polar surface area (TPSA) is 55.2 Å². The van der Waals surface area contributed by atoms with Crippen LogP contribution in [0.2, 0.25) is 0 Å². The second-order valence-corrected chi connectivity index (χ2v) is 2.35. The fourth-order valence-corrected chi connectivity index (χ4v) is 0.808. The Morgan fingerprint density at radius 2 is 2.17 bits per heavy atom. The van der Waals surface area contributed by atoms with Gasteiger partial charge in [-0.05, 0) is 6.92 Å². The van der Waals surface area contributed by atoms with E-state index in [-0.39, 0.29) is 0 Å². The molecule has 1 atom stereocenters. The van der Waals surface area contributed by atoms with Gasteiger partial charge in [-0.3, -0.25) is 0 Å². The lowest BCUT2D eigenvalue weighted by atomic mass is 10.2. The zero-order valence-corrected chi connectivity index (χ0v) is 6.97. The molecule has 0 aliphatic rings. The van der Waals surface area contributed by atoms with Gasteiger partial charge in [-0.15, -0.1) is 0 Å². The van der Waals surface area contributed by atoms with Gasteiger partial charge in [-0.2, -0.15) is 0 Å². The number of aliphatic hydroxyl groups is 1. The molecule has 0 spiro atoms. The minimum atomic E-state index is -0.619. The lowest BCUT2D eigenvalue weighted by molar-refractivity contribution is 0.0416. The molecule has 12 heavy (non-hydrogen) atoms. The van der Waals surface area contributed by atoms with Gasteiger partial charge in [0.1, 0.15) is 12.4 Å². The van der Waals surface area contributed by atoms with Crippen molar-refractivity contribution in [1.29, 1.82) is 0 Å². The maximum absolute atomic E-state index is 9.45. The average molecular weight is 168 g/mol. The van der Waals surface area contributed by atoms with E-state index in [2.05, 4.69) is 9.97 Å². The Balaban J connectivity index is 2.48. The summed E-state index contributed by atoms with van der Waals surface area (Å²) in [4.78, 5) is 7.57. The summed E-state index contributed by atoms with van der Waals surface area (Å²) < 4.78 is 5.04. The van der Waals surface area contributed by atoms with Gasteiger partial charge < -0.3 is 9.84 Å². The highest BCUT2D eigenvalue weighted by Gasteiger charge is 2.06. The predicted octanol–water partition coefficient (Wildman–Crippen LogP) is 0.547. The maximum Gasteiger partial charge on any atom is 0.115 e. The molecular formula is C8H12N2O2. The van der Waals surface area contributed by atoms with E-state index >= 15 is 0 Å². The second-order valence-electron chi connectivity index (χ2n) is 2.35. The fraction of sp³-hybridized carbons (Fsp3) is 0.500. The standard InChI is InChI=1S/C8H12N2O2/c1-2-12-5-8(11)7-3-9-6-10-4-7/h3-4,6,8,11H,2,5H2,1H3. The minimum absolute atomic E-state index is 0.296. The van der Waals surface area contributed by atoms with Gasteiger partial charge >= 0.3 is 0 Å². The summed E-state index contributed by atoms with van der Waals surface area (Å²) in [5.74, 6) is 0. The van der Waals surface area contributed by atoms with Crippen LogP contribution in [-0.4, -0.2) is 28.3 Å². The quantitative estimate of drug-likeness (QED) is 0.713. The number of rotatable bonds is 4. The predicted molar refractivity (Wildman–Crippen MR) is 43.5 cm³/mol. The lowest BCUT2D eigenvalue weighted by Crippen LogP contribution is -2.07. The van der Waals surface area contributed by atoms with Crippen LogP contribution in [0.25, 0.3) is 0 Å². The number of aromatic nitrogens is 2. The number of hydrogen-bond donors (Lipinski definition) is 1. The fourth-order valence-electron chi connectivity index (χ4n) is 0.808. The number of ether oxygens (including phenoxy) is 1. The molecule has 1 heterocycles. The first-order valence-corrected chi connectivity index (χ1v) is 3.85. The molecule has 1 unspecified atom stereocenters. The normalized spacial score (nSPS) is 12.8. The van der Waals surface area contributed by atoms with Crippen LogP contribution >= 0.6 is 0 Å². The molecule has 0 aromatic carbocycles. The lowest BCUT2D eigenvalue weighted by Gasteiger charge is -2.08. The molecule has 4 heteroatoms. The average Bonchev–Trinajstić information content (AvgIpc) is 2.15. The zero-order chi connectivity index (χ0) is 8.81. The number of aliphatic hydroxyl groups excluding tert-OH is 1. The molecule has 0 aliphatic heterocycles. The molecule has 1 rings (SSSR count). The molecule has 0 bridgehead atoms. The molecule has 1 N–H and O–H groups in total. The Morgan fingerprint density at radius 3 is 2.75 bits per heavy atom. The van der Waals surface area contributed by atoms with E-state index in [1.54, 1.807) is 12.4 Å². The molecule has 4 nitrogen and oxygen atoms in total. The Kier molecular flexibility index (Phi) is 3.63. The first-order chi connectivity index (χ1) is 5.84. The van der Waals surface area contributed by atoms with Crippen molar-refractivity contribution in [3.63, 3.8) is 0 Å². The van der Waals surface area contributed by atoms with E-state index in [9.17, 15) is 5.11 Å². The molecule has 0 fully saturated rings. The van der Waals surface area contributed by atoms with Gasteiger partial charge in [0, 0.05) is 24.6 Å². The first-order valence-electron chi connectivity index (χ1n) is 3.85. The van der Waals surface area contributed by atoms with Gasteiger partial charge in [0.25, 0.3) is 0 Å². The highest BCUT2D eigenvalue weighted by molar-refractivity contribution is 5.06. The van der Waals surface area contributed by atoms with Gasteiger partial charge in [0.2, 0.25) is 0 Å². The van der Waals surface area contributed by atoms with Crippen LogP contribution in [-0.2, 0) is 4.74 Å². The van der Waals surface area contributed by atoms with Crippen molar-refractivity contribution in [3.05, 3.63) is 24.3 Å². The summed E-state index contributed by atoms with van der Waals surface area (Å²) in [5, 5.41) is 9.45. The summed E-state index contributed by atoms with van der Waals surface area (Å²) in [6.45, 7) is 2.78. The van der Waals surface area contributed by atoms with E-state index in [1.165, 1.54) is 6.33 Å². The van der Waals surface area contributed by atoms with Gasteiger partial charge in [0.15, 0.2) is 0 Å². The smallest absolute Gasteiger partial charge is 0.115 e. The van der Waals surface area contributed by atoms with Crippen molar-refractivity contribution in [2.24, 2.45) is 0 Å². The van der Waals surface area contributed by atoms with Crippen molar-refractivity contribution < 1.29 is 9.84 Å². The number of hydrogen-bond acceptors (Lipinski definition) is 4. The van der Waals surface area contributed by atoms with Crippen LogP contribution < -0.4 is 0 Å². The second kappa shape index (κ2) is 4.79. The van der Waals surface area contributed by atoms with Gasteiger partial charge in [-0.25, -0.2) is 9.97 Å². The summed E-state index contributed by atoms with van der Waals surface area (Å²) in [6, 6.07) is 0. The van der Waals surface area contributed by atoms with E-state index in [1.807, 2.05) is 6.92 Å². The minimum Gasteiger partial charge on any atom is -0.386 e. The molecule has 0 radical (unpaired) electrons. The Morgan fingerprint density at radius 1 is 1.50 bits per heavy atom. The monoisotopic (exact) mass is 168 g/mol. The van der Waals surface area contributed by atoms with Crippen LogP contribution in [0.1, 0.15) is 18.6 Å². The summed E-state index contributed by atoms with van der Waals surface area (Å²) in [7, 11) is 0. The highest BCUT2D eigenvalue weighted by atomic mass is 16.5. The molecule has 1 aromatic heterocycles. The van der Waals surface area contributed by atoms with Crippen LogP contribution in [0.5, 0.6) is 0 Å². The molecule has 0 amide bonds. The van der Waals surface area contributed by atoms with Crippen molar-refractivity contribution in [2.45, 2.75) is 13.0 Å². The largest absolute Gasteiger partial charge is 0.386 e. The van der Waals surface area contributed by atoms with Crippen molar-refractivity contribution in [1.82, 2.24) is 9.97 Å². The Hall–Kier alpha value is -1.00. The van der Waals surface area contributed by atoms with Crippen LogP contribution in [0.4, 0.5) is 0 Å². The summed E-state index contributed by atoms with van der Waals surface area (Å²) in [6.07, 6.45) is 3.97. The summed E-state index contributed by atoms with van der Waals surface area (Å²) in [5.41, 5.74) is 0.686. The number of nitrogens with zero attached hydrogens (tertiary/aromatic N) is 2. The first kappa shape index (κ1) is 9.09. The molecule has 1 aromatic rings. The van der Waals surface area contributed by atoms with E-state index in [0.29, 0.717) is 18.8 Å². The molecule has 0 saturated carbocycles. The third-order valence-electron chi connectivity index (χ3n) is 1.45. The van der Waals surface area contributed by atoms with Crippen molar-refractivity contribution >= 4 is 0 Å². The third-order valence-corrected chi connectivity index (χ3v) is 1.45. The van der Waals surface area contributed by atoms with Crippen molar-refractivity contribution in [3.8, 4) is 0 Å². The Bertz CT molecular complexity index is 216. The van der Waals surface area contributed by atoms with E-state index in [0.717, 1.165) is 0 Å². The summed E-state index contributed by atoms with van der Waals surface area (Å²) >= 11 is 0. The maximum atomic E-state index is 9.45. The molecule has 66 valence electrons. The van der Waals surface area contributed by atoms with Crippen molar-refractivity contribution in [2.75, 3.05) is 13.2 Å². The van der Waals surface area contributed by atoms with Crippen LogP contribution in [0.3, 0.4) is 0 Å².